The van der Waals surface area contributed by atoms with E-state index in [-0.39, 0.29) is 5.82 Å². The Labute approximate surface area is 112 Å². The fourth-order valence-corrected chi connectivity index (χ4v) is 1.74. The van der Waals surface area contributed by atoms with Crippen LogP contribution < -0.4 is 5.32 Å². The van der Waals surface area contributed by atoms with Crippen molar-refractivity contribution < 1.29 is 4.39 Å². The van der Waals surface area contributed by atoms with Crippen molar-refractivity contribution in [2.75, 3.05) is 11.9 Å². The second-order valence-corrected chi connectivity index (χ2v) is 4.41. The van der Waals surface area contributed by atoms with Crippen molar-refractivity contribution in [3.05, 3.63) is 35.5 Å². The minimum absolute atomic E-state index is 0.257. The number of hydrogen-bond donors (Lipinski definition) is 1. The Kier molecular flexibility index (Phi) is 4.04. The molecule has 0 amide bonds. The van der Waals surface area contributed by atoms with Gasteiger partial charge in [0, 0.05) is 24.5 Å². The lowest BCUT2D eigenvalue weighted by molar-refractivity contribution is 0.605. The molecule has 0 aliphatic heterocycles. The Morgan fingerprint density at radius 2 is 2.05 bits per heavy atom. The zero-order chi connectivity index (χ0) is 13.8. The van der Waals surface area contributed by atoms with Gasteiger partial charge in [-0.25, -0.2) is 14.4 Å². The van der Waals surface area contributed by atoms with Crippen LogP contribution in [0.5, 0.6) is 0 Å². The van der Waals surface area contributed by atoms with Crippen molar-refractivity contribution in [2.45, 2.75) is 27.2 Å². The molecule has 2 aromatic heterocycles. The fraction of sp³-hybridized carbons (Fsp3) is 0.357. The van der Waals surface area contributed by atoms with Crippen LogP contribution in [0.4, 0.5) is 10.2 Å². The summed E-state index contributed by atoms with van der Waals surface area (Å²) in [7, 11) is 0. The van der Waals surface area contributed by atoms with Crippen LogP contribution in [0.25, 0.3) is 11.4 Å². The number of rotatable bonds is 4. The van der Waals surface area contributed by atoms with Crippen molar-refractivity contribution in [3.8, 4) is 11.4 Å². The molecule has 1 N–H and O–H groups in total. The lowest BCUT2D eigenvalue weighted by atomic mass is 10.1. The molecule has 2 heterocycles. The third-order valence-corrected chi connectivity index (χ3v) is 2.84. The zero-order valence-corrected chi connectivity index (χ0v) is 11.4. The van der Waals surface area contributed by atoms with Crippen LogP contribution in [0, 0.1) is 19.7 Å². The fourth-order valence-electron chi connectivity index (χ4n) is 1.74. The standard InChI is InChI=1S/C14H17FN4/c1-4-6-17-14-12(15)10(3)18-13(19-14)11-8-16-7-5-9(11)2/h5,7-8H,4,6H2,1-3H3,(H,17,18,19). The van der Waals surface area contributed by atoms with E-state index in [9.17, 15) is 4.39 Å². The van der Waals surface area contributed by atoms with Crippen molar-refractivity contribution >= 4 is 5.82 Å². The maximum atomic E-state index is 13.9. The van der Waals surface area contributed by atoms with Gasteiger partial charge in [-0.15, -0.1) is 0 Å². The summed E-state index contributed by atoms with van der Waals surface area (Å²) in [4.78, 5) is 12.5. The van der Waals surface area contributed by atoms with E-state index in [1.54, 1.807) is 19.3 Å². The average Bonchev–Trinajstić information content (AvgIpc) is 2.41. The molecule has 0 atom stereocenters. The van der Waals surface area contributed by atoms with E-state index in [2.05, 4.69) is 20.3 Å². The molecule has 4 nitrogen and oxygen atoms in total. The Hall–Kier alpha value is -2.04. The Balaban J connectivity index is 2.47. The van der Waals surface area contributed by atoms with Gasteiger partial charge in [-0.05, 0) is 31.9 Å². The maximum absolute atomic E-state index is 13.9. The number of halogens is 1. The lowest BCUT2D eigenvalue weighted by Crippen LogP contribution is -2.08. The molecule has 0 radical (unpaired) electrons. The number of hydrogen-bond acceptors (Lipinski definition) is 4. The normalized spacial score (nSPS) is 10.5. The summed E-state index contributed by atoms with van der Waals surface area (Å²) in [5, 5.41) is 2.99. The van der Waals surface area contributed by atoms with Crippen LogP contribution in [0.3, 0.4) is 0 Å². The molecule has 0 saturated carbocycles. The number of nitrogens with one attached hydrogen (secondary N) is 1. The van der Waals surface area contributed by atoms with E-state index < -0.39 is 5.82 Å². The molecule has 0 bridgehead atoms. The number of aryl methyl sites for hydroxylation is 2. The third-order valence-electron chi connectivity index (χ3n) is 2.84. The maximum Gasteiger partial charge on any atom is 0.186 e. The van der Waals surface area contributed by atoms with Crippen molar-refractivity contribution in [2.24, 2.45) is 0 Å². The predicted octanol–water partition coefficient (Wildman–Crippen LogP) is 3.12. The summed E-state index contributed by atoms with van der Waals surface area (Å²) in [5.74, 6) is 0.370. The van der Waals surface area contributed by atoms with Gasteiger partial charge in [0.25, 0.3) is 0 Å². The Morgan fingerprint density at radius 3 is 2.74 bits per heavy atom. The molecule has 5 heteroatoms. The molecule has 0 fully saturated rings. The molecule has 0 aliphatic rings. The second kappa shape index (κ2) is 5.73. The highest BCUT2D eigenvalue weighted by molar-refractivity contribution is 5.60. The van der Waals surface area contributed by atoms with Gasteiger partial charge in [0.2, 0.25) is 0 Å². The molecule has 0 aromatic carbocycles. The smallest absolute Gasteiger partial charge is 0.186 e. The second-order valence-electron chi connectivity index (χ2n) is 4.41. The molecule has 0 aliphatic carbocycles. The molecule has 100 valence electrons. The molecular formula is C14H17FN4. The van der Waals surface area contributed by atoms with E-state index in [0.29, 0.717) is 18.1 Å². The molecular weight excluding hydrogens is 243 g/mol. The Bertz CT molecular complexity index is 584. The summed E-state index contributed by atoms with van der Waals surface area (Å²) in [6.45, 7) is 6.30. The van der Waals surface area contributed by atoms with E-state index >= 15 is 0 Å². The van der Waals surface area contributed by atoms with E-state index in [4.69, 9.17) is 0 Å². The van der Waals surface area contributed by atoms with E-state index in [0.717, 1.165) is 17.5 Å². The summed E-state index contributed by atoms with van der Waals surface area (Å²) < 4.78 is 13.9. The van der Waals surface area contributed by atoms with Crippen LogP contribution in [-0.4, -0.2) is 21.5 Å². The highest BCUT2D eigenvalue weighted by Crippen LogP contribution is 2.22. The largest absolute Gasteiger partial charge is 0.368 e. The number of aromatic nitrogens is 3. The molecule has 2 aromatic rings. The van der Waals surface area contributed by atoms with Crippen molar-refractivity contribution in [3.63, 3.8) is 0 Å². The van der Waals surface area contributed by atoms with Gasteiger partial charge in [0.1, 0.15) is 0 Å². The number of pyridine rings is 1. The van der Waals surface area contributed by atoms with Gasteiger partial charge >= 0.3 is 0 Å². The van der Waals surface area contributed by atoms with Crippen LogP contribution >= 0.6 is 0 Å². The van der Waals surface area contributed by atoms with Crippen LogP contribution in [0.2, 0.25) is 0 Å². The topological polar surface area (TPSA) is 50.7 Å². The number of anilines is 1. The minimum Gasteiger partial charge on any atom is -0.368 e. The molecule has 2 rings (SSSR count). The van der Waals surface area contributed by atoms with Gasteiger partial charge in [0.15, 0.2) is 17.5 Å². The SMILES string of the molecule is CCCNc1nc(-c2cnccc2C)nc(C)c1F. The average molecular weight is 260 g/mol. The summed E-state index contributed by atoms with van der Waals surface area (Å²) >= 11 is 0. The first-order valence-corrected chi connectivity index (χ1v) is 6.32. The van der Waals surface area contributed by atoms with Gasteiger partial charge in [-0.2, -0.15) is 0 Å². The monoisotopic (exact) mass is 260 g/mol. The van der Waals surface area contributed by atoms with Crippen molar-refractivity contribution in [1.29, 1.82) is 0 Å². The van der Waals surface area contributed by atoms with Crippen molar-refractivity contribution in [1.82, 2.24) is 15.0 Å². The van der Waals surface area contributed by atoms with Gasteiger partial charge < -0.3 is 5.32 Å². The summed E-state index contributed by atoms with van der Waals surface area (Å²) in [5.41, 5.74) is 2.18. The van der Waals surface area contributed by atoms with Gasteiger partial charge in [-0.1, -0.05) is 6.92 Å². The number of nitrogens with zero attached hydrogens (tertiary/aromatic N) is 3. The molecule has 0 spiro atoms. The van der Waals surface area contributed by atoms with Gasteiger partial charge in [0.05, 0.1) is 5.69 Å². The summed E-state index contributed by atoms with van der Waals surface area (Å²) in [6, 6.07) is 1.89. The van der Waals surface area contributed by atoms with E-state index in [1.807, 2.05) is 19.9 Å². The highest BCUT2D eigenvalue weighted by Gasteiger charge is 2.13. The highest BCUT2D eigenvalue weighted by atomic mass is 19.1. The van der Waals surface area contributed by atoms with Crippen LogP contribution in [-0.2, 0) is 0 Å². The first-order chi connectivity index (χ1) is 9.13. The molecule has 0 saturated heterocycles. The molecule has 0 unspecified atom stereocenters. The van der Waals surface area contributed by atoms with Crippen LogP contribution in [0.15, 0.2) is 18.5 Å². The predicted molar refractivity (Wildman–Crippen MR) is 73.5 cm³/mol. The first-order valence-electron chi connectivity index (χ1n) is 6.32. The third kappa shape index (κ3) is 2.86. The first kappa shape index (κ1) is 13.4. The minimum atomic E-state index is -0.390. The van der Waals surface area contributed by atoms with Gasteiger partial charge in [-0.3, -0.25) is 4.98 Å². The molecule has 19 heavy (non-hydrogen) atoms. The Morgan fingerprint density at radius 1 is 1.26 bits per heavy atom. The lowest BCUT2D eigenvalue weighted by Gasteiger charge is -2.10. The van der Waals surface area contributed by atoms with Crippen LogP contribution in [0.1, 0.15) is 24.6 Å². The van der Waals surface area contributed by atoms with E-state index in [1.165, 1.54) is 0 Å². The quantitative estimate of drug-likeness (QED) is 0.917. The zero-order valence-electron chi connectivity index (χ0n) is 11.4. The summed E-state index contributed by atoms with van der Waals surface area (Å²) in [6.07, 6.45) is 4.32.